The molecule has 10 aromatic rings. The number of thiophene rings is 1. The lowest BCUT2D eigenvalue weighted by Gasteiger charge is -2.24. The molecule has 10 aromatic heterocycles. The topological polar surface area (TPSA) is 272 Å². The Balaban J connectivity index is 0.000000188. The molecule has 0 radical (unpaired) electrons. The number of rotatable bonds is 9. The van der Waals surface area contributed by atoms with Crippen molar-refractivity contribution in [2.75, 3.05) is 15.5 Å². The van der Waals surface area contributed by atoms with Crippen LogP contribution in [0.15, 0.2) is 121 Å². The summed E-state index contributed by atoms with van der Waals surface area (Å²) in [5.41, 5.74) is 3.75. The van der Waals surface area contributed by atoms with Gasteiger partial charge in [0.2, 0.25) is 5.82 Å². The van der Waals surface area contributed by atoms with Gasteiger partial charge in [-0.2, -0.15) is 28.4 Å². The van der Waals surface area contributed by atoms with E-state index >= 15 is 0 Å². The van der Waals surface area contributed by atoms with Crippen molar-refractivity contribution in [3.63, 3.8) is 0 Å². The average molecular weight is 1310 g/mol. The number of halogens is 8. The highest BCUT2D eigenvalue weighted by Gasteiger charge is 2.39. The number of aromatic nitrogens is 18. The minimum Gasteiger partial charge on any atom is -0.329 e. The smallest absolute Gasteiger partial charge is 0.329 e. The van der Waals surface area contributed by atoms with Gasteiger partial charge in [-0.05, 0) is 86.9 Å². The highest BCUT2D eigenvalue weighted by molar-refractivity contribution is 7.15. The van der Waals surface area contributed by atoms with Crippen LogP contribution in [0.4, 0.5) is 48.1 Å². The second-order valence-electron chi connectivity index (χ2n) is 22.4. The van der Waals surface area contributed by atoms with E-state index in [9.17, 15) is 13.2 Å². The Kier molecular flexibility index (Phi) is 23.7. The van der Waals surface area contributed by atoms with Gasteiger partial charge in [0.1, 0.15) is 11.6 Å². The second-order valence-corrected chi connectivity index (χ2v) is 25.4. The van der Waals surface area contributed by atoms with E-state index in [2.05, 4.69) is 169 Å². The van der Waals surface area contributed by atoms with Gasteiger partial charge in [-0.1, -0.05) is 146 Å². The van der Waals surface area contributed by atoms with Crippen LogP contribution in [0, 0.1) is 0 Å². The van der Waals surface area contributed by atoms with Crippen molar-refractivity contribution < 1.29 is 17.7 Å². The Morgan fingerprint density at radius 1 is 0.483 bits per heavy atom. The maximum absolute atomic E-state index is 12.8. The molecule has 456 valence electrons. The third-order valence-corrected chi connectivity index (χ3v) is 13.5. The quantitative estimate of drug-likeness (QED) is 0.136. The van der Waals surface area contributed by atoms with E-state index in [-0.39, 0.29) is 27.5 Å². The van der Waals surface area contributed by atoms with Crippen LogP contribution in [0.3, 0.4) is 0 Å². The molecule has 10 heterocycles. The highest BCUT2D eigenvalue weighted by atomic mass is 35.5. The van der Waals surface area contributed by atoms with E-state index in [4.69, 9.17) is 58.0 Å². The van der Waals surface area contributed by atoms with Gasteiger partial charge in [0.25, 0.3) is 0 Å². The zero-order valence-electron chi connectivity index (χ0n) is 49.0. The summed E-state index contributed by atoms with van der Waals surface area (Å²) in [7, 11) is 0. The maximum atomic E-state index is 12.8. The van der Waals surface area contributed by atoms with Crippen LogP contribution in [0.5, 0.6) is 0 Å². The van der Waals surface area contributed by atoms with Crippen molar-refractivity contribution in [3.8, 4) is 10.7 Å². The molecule has 0 aromatic carbocycles. The summed E-state index contributed by atoms with van der Waals surface area (Å²) in [6, 6.07) is 14.1. The van der Waals surface area contributed by atoms with Crippen molar-refractivity contribution in [1.82, 2.24) is 91.0 Å². The monoisotopic (exact) mass is 1310 g/mol. The largest absolute Gasteiger partial charge is 0.471 e. The molecular formula is C56H59Cl5F3N21OS. The van der Waals surface area contributed by atoms with Crippen LogP contribution in [-0.4, -0.2) is 91.0 Å². The van der Waals surface area contributed by atoms with Gasteiger partial charge in [0.15, 0.2) is 49.0 Å². The molecule has 0 aliphatic carbocycles. The summed E-state index contributed by atoms with van der Waals surface area (Å²) in [6.07, 6.45) is 13.3. The Labute approximate surface area is 529 Å². The normalized spacial score (nSPS) is 11.5. The number of nitrogens with zero attached hydrogens (tertiary/aromatic N) is 19. The molecule has 0 unspecified atom stereocenters. The lowest BCUT2D eigenvalue weighted by atomic mass is 9.88. The third-order valence-electron chi connectivity index (χ3n) is 11.3. The van der Waals surface area contributed by atoms with Crippen LogP contribution in [-0.2, 0) is 34.4 Å². The van der Waals surface area contributed by atoms with Crippen molar-refractivity contribution in [1.29, 1.82) is 0 Å². The Morgan fingerprint density at radius 2 is 0.989 bits per heavy atom. The predicted molar refractivity (Wildman–Crippen MR) is 331 cm³/mol. The van der Waals surface area contributed by atoms with Gasteiger partial charge < -0.3 is 20.1 Å². The van der Waals surface area contributed by atoms with Crippen LogP contribution in [0.1, 0.15) is 116 Å². The number of nitrogens with one attached hydrogen (secondary N) is 2. The van der Waals surface area contributed by atoms with E-state index in [0.717, 1.165) is 27.1 Å². The van der Waals surface area contributed by atoms with Gasteiger partial charge in [-0.25, -0.2) is 15.0 Å². The summed E-state index contributed by atoms with van der Waals surface area (Å²) >= 11 is 29.6. The van der Waals surface area contributed by atoms with Gasteiger partial charge in [0, 0.05) is 47.6 Å². The number of hydrogen-bond acceptors (Lipinski definition) is 23. The van der Waals surface area contributed by atoms with Crippen molar-refractivity contribution in [2.45, 2.75) is 117 Å². The molecule has 0 bridgehead atoms. The zero-order chi connectivity index (χ0) is 63.7. The first-order valence-corrected chi connectivity index (χ1v) is 28.7. The molecule has 0 fully saturated rings. The van der Waals surface area contributed by atoms with Gasteiger partial charge in [-0.15, -0.1) is 52.1 Å². The van der Waals surface area contributed by atoms with E-state index in [1.165, 1.54) is 11.3 Å². The molecule has 0 amide bonds. The van der Waals surface area contributed by atoms with E-state index in [0.29, 0.717) is 72.1 Å². The summed E-state index contributed by atoms with van der Waals surface area (Å²) in [6.45, 7) is 25.3. The number of hydrogen-bond donors (Lipinski definition) is 2. The first-order chi connectivity index (χ1) is 40.8. The molecule has 22 nitrogen and oxygen atoms in total. The van der Waals surface area contributed by atoms with Gasteiger partial charge in [-0.3, -0.25) is 15.0 Å². The van der Waals surface area contributed by atoms with Crippen LogP contribution in [0.2, 0.25) is 25.8 Å². The zero-order valence-corrected chi connectivity index (χ0v) is 53.6. The van der Waals surface area contributed by atoms with E-state index < -0.39 is 12.1 Å². The summed E-state index contributed by atoms with van der Waals surface area (Å²) < 4.78 is 42.6. The van der Waals surface area contributed by atoms with Crippen LogP contribution >= 0.6 is 69.3 Å². The number of alkyl halides is 3. The van der Waals surface area contributed by atoms with Gasteiger partial charge >= 0.3 is 12.1 Å². The second kappa shape index (κ2) is 30.2. The third kappa shape index (κ3) is 21.8. The van der Waals surface area contributed by atoms with Gasteiger partial charge in [0.05, 0.1) is 42.4 Å². The Bertz CT molecular complexity index is 3740. The minimum atomic E-state index is -4.69. The lowest BCUT2D eigenvalue weighted by molar-refractivity contribution is -0.159. The molecule has 0 atom stereocenters. The summed E-state index contributed by atoms with van der Waals surface area (Å²) in [5.74, 6) is 2.20. The first kappa shape index (κ1) is 68.2. The summed E-state index contributed by atoms with van der Waals surface area (Å²) in [4.78, 5) is 31.3. The molecular weight excluding hydrogens is 1250 g/mol. The van der Waals surface area contributed by atoms with Crippen LogP contribution < -0.4 is 15.5 Å². The average Bonchev–Trinajstić information content (AvgIpc) is 3.01. The van der Waals surface area contributed by atoms with E-state index in [1.807, 2.05) is 43.9 Å². The van der Waals surface area contributed by atoms with Crippen molar-refractivity contribution >= 4 is 104 Å². The molecule has 0 spiro atoms. The minimum absolute atomic E-state index is 0.0450. The molecule has 0 saturated heterocycles. The standard InChI is InChI=1S/C20H18F3N7OS.C12H14ClN5.C12H15N5.C8H10Cl2N2.C4H2Cl2N2/c1-19(2,3)12-8-15(28-26-9-12)30(16-10-24-6-7-25-16)11-13-4-5-14(32-13)17-27-18(31-29-17)20(21,22)23;1-12(2,3)8-6-9(17-18-11(8)13)16-10-7-14-4-5-15-10;1-12(2,3)9-6-10(17-15-7-9)16-11-8-13-4-5-14-11;1-8(2,3)5-4-6(9)11-12-7(5)10;5-3-1-2-4(6)8-7-3/h4-10H,11H2,1-3H3;4-7H,1-3H3,(H,15,16,17);4-8H,1-3H3,(H,14,16,17);4H,1-3H3;1-2H. The molecule has 31 heteroatoms. The van der Waals surface area contributed by atoms with Crippen LogP contribution in [0.25, 0.3) is 10.7 Å². The van der Waals surface area contributed by atoms with Crippen molar-refractivity contribution in [3.05, 3.63) is 175 Å². The molecule has 87 heavy (non-hydrogen) atoms. The highest BCUT2D eigenvalue weighted by Crippen LogP contribution is 2.35. The van der Waals surface area contributed by atoms with Crippen molar-refractivity contribution in [2.24, 2.45) is 0 Å². The first-order valence-electron chi connectivity index (χ1n) is 26.0. The predicted octanol–water partition coefficient (Wildman–Crippen LogP) is 15.2. The van der Waals surface area contributed by atoms with E-state index in [1.54, 1.807) is 98.5 Å². The fourth-order valence-electron chi connectivity index (χ4n) is 6.76. The summed E-state index contributed by atoms with van der Waals surface area (Å²) in [5, 5.41) is 50.1. The molecule has 0 aliphatic rings. The molecule has 0 saturated carbocycles. The molecule has 10 rings (SSSR count). The fraction of sp³-hybridized carbons (Fsp3) is 0.321. The molecule has 0 aliphatic heterocycles. The Morgan fingerprint density at radius 3 is 1.47 bits per heavy atom. The maximum Gasteiger partial charge on any atom is 0.471 e. The SMILES string of the molecule is CC(C)(C)c1cc(Cl)nnc1Cl.CC(C)(C)c1cc(Nc2cnccn2)nnc1Cl.CC(C)(C)c1cnnc(N(Cc2ccc(-c3noc(C(F)(F)F)n3)s2)c2cnccn2)c1.CC(C)(C)c1cnnc(Nc2cnccn2)c1.Clc1ccc(Cl)nn1. The Hall–Kier alpha value is -7.88. The lowest BCUT2D eigenvalue weighted by Crippen LogP contribution is -2.20. The number of anilines is 6. The fourth-order valence-corrected chi connectivity index (χ4v) is 8.78. The molecule has 2 N–H and O–H groups in total.